The molecule has 0 spiro atoms. The molecule has 0 fully saturated rings. The van der Waals surface area contributed by atoms with Crippen molar-refractivity contribution in [3.05, 3.63) is 29.3 Å². The summed E-state index contributed by atoms with van der Waals surface area (Å²) < 4.78 is 3.49. The monoisotopic (exact) mass is 304 g/mol. The highest BCUT2D eigenvalue weighted by atomic mass is 32.1. The maximum absolute atomic E-state index is 12.1. The van der Waals surface area contributed by atoms with Crippen LogP contribution >= 0.6 is 11.3 Å². The summed E-state index contributed by atoms with van der Waals surface area (Å²) in [6, 6.07) is 0. The van der Waals surface area contributed by atoms with E-state index in [4.69, 9.17) is 0 Å². The molecule has 0 unspecified atom stereocenters. The Bertz CT molecular complexity index is 755. The van der Waals surface area contributed by atoms with Gasteiger partial charge in [0.15, 0.2) is 10.8 Å². The van der Waals surface area contributed by atoms with Crippen LogP contribution in [-0.2, 0) is 18.3 Å². The van der Waals surface area contributed by atoms with Crippen LogP contribution in [-0.4, -0.2) is 30.1 Å². The second-order valence-corrected chi connectivity index (χ2v) is 5.99. The molecule has 0 aliphatic heterocycles. The molecule has 3 aromatic rings. The number of imidazole rings is 1. The van der Waals surface area contributed by atoms with Gasteiger partial charge in [-0.15, -0.1) is 11.3 Å². The summed E-state index contributed by atoms with van der Waals surface area (Å²) in [7, 11) is 1.76. The number of hydrogen-bond acceptors (Lipinski definition) is 5. The molecule has 0 aliphatic carbocycles. The van der Waals surface area contributed by atoms with Crippen molar-refractivity contribution < 1.29 is 4.79 Å². The Morgan fingerprint density at radius 1 is 1.43 bits per heavy atom. The number of nitrogens with zero attached hydrogens (tertiary/aromatic N) is 5. The minimum atomic E-state index is -0.147. The van der Waals surface area contributed by atoms with E-state index in [-0.39, 0.29) is 18.2 Å². The Labute approximate surface area is 125 Å². The molecule has 3 rings (SSSR count). The van der Waals surface area contributed by atoms with E-state index in [0.717, 1.165) is 16.5 Å². The molecule has 0 saturated carbocycles. The third-order valence-electron chi connectivity index (χ3n) is 3.03. The summed E-state index contributed by atoms with van der Waals surface area (Å²) in [6.45, 7) is 4.03. The highest BCUT2D eigenvalue weighted by molar-refractivity contribution is 7.15. The van der Waals surface area contributed by atoms with E-state index in [2.05, 4.69) is 20.4 Å². The van der Waals surface area contributed by atoms with Crippen molar-refractivity contribution in [2.45, 2.75) is 26.2 Å². The molecule has 7 nitrogen and oxygen atoms in total. The Morgan fingerprint density at radius 2 is 2.24 bits per heavy atom. The lowest BCUT2D eigenvalue weighted by molar-refractivity contribution is -0.115. The normalized spacial score (nSPS) is 11.4. The predicted octanol–water partition coefficient (Wildman–Crippen LogP) is 1.83. The number of amides is 1. The lowest BCUT2D eigenvalue weighted by Gasteiger charge is -2.01. The largest absolute Gasteiger partial charge is 0.297 e. The number of anilines is 1. The second kappa shape index (κ2) is 5.28. The molecule has 1 N–H and O–H groups in total. The number of rotatable bonds is 4. The lowest BCUT2D eigenvalue weighted by atomic mass is 10.2. The van der Waals surface area contributed by atoms with Gasteiger partial charge in [0.25, 0.3) is 0 Å². The number of aromatic nitrogens is 5. The van der Waals surface area contributed by atoms with Crippen molar-refractivity contribution in [2.75, 3.05) is 5.32 Å². The molecule has 1 amide bonds. The van der Waals surface area contributed by atoms with E-state index in [1.54, 1.807) is 23.1 Å². The van der Waals surface area contributed by atoms with Crippen LogP contribution in [0.5, 0.6) is 0 Å². The fourth-order valence-corrected chi connectivity index (χ4v) is 2.67. The molecule has 8 heteroatoms. The Hall–Kier alpha value is -2.22. The third-order valence-corrected chi connectivity index (χ3v) is 3.80. The van der Waals surface area contributed by atoms with Crippen molar-refractivity contribution in [1.29, 1.82) is 0 Å². The zero-order valence-corrected chi connectivity index (χ0v) is 12.9. The number of fused-ring (bicyclic) bond motifs is 1. The summed E-state index contributed by atoms with van der Waals surface area (Å²) >= 11 is 1.54. The van der Waals surface area contributed by atoms with E-state index in [1.807, 2.05) is 36.0 Å². The van der Waals surface area contributed by atoms with Crippen LogP contribution < -0.4 is 5.32 Å². The SMILES string of the molecule is CC(C)c1nc(NC(=O)Cc2cn3ccsc3n2)n(C)n1. The topological polar surface area (TPSA) is 77.1 Å². The molecule has 3 heterocycles. The van der Waals surface area contributed by atoms with Crippen LogP contribution in [0.2, 0.25) is 0 Å². The first-order chi connectivity index (χ1) is 10.0. The molecular weight excluding hydrogens is 288 g/mol. The number of aryl methyl sites for hydroxylation is 1. The molecule has 110 valence electrons. The van der Waals surface area contributed by atoms with Gasteiger partial charge in [-0.25, -0.2) is 9.67 Å². The molecule has 0 atom stereocenters. The van der Waals surface area contributed by atoms with Gasteiger partial charge >= 0.3 is 0 Å². The molecular formula is C13H16N6OS. The highest BCUT2D eigenvalue weighted by Crippen LogP contribution is 2.14. The molecule has 0 saturated heterocycles. The predicted molar refractivity (Wildman–Crippen MR) is 80.5 cm³/mol. The van der Waals surface area contributed by atoms with Crippen LogP contribution in [0.25, 0.3) is 4.96 Å². The summed E-state index contributed by atoms with van der Waals surface area (Å²) in [5.41, 5.74) is 0.741. The van der Waals surface area contributed by atoms with Gasteiger partial charge in [-0.2, -0.15) is 10.1 Å². The minimum Gasteiger partial charge on any atom is -0.297 e. The Kier molecular flexibility index (Phi) is 3.46. The number of thiazole rings is 1. The fourth-order valence-electron chi connectivity index (χ4n) is 1.95. The van der Waals surface area contributed by atoms with Crippen molar-refractivity contribution in [3.63, 3.8) is 0 Å². The van der Waals surface area contributed by atoms with Gasteiger partial charge in [-0.1, -0.05) is 13.8 Å². The first-order valence-electron chi connectivity index (χ1n) is 6.65. The van der Waals surface area contributed by atoms with Gasteiger partial charge in [0, 0.05) is 30.7 Å². The average Bonchev–Trinajstić information content (AvgIpc) is 3.05. The number of carbonyl (C=O) groups is 1. The van der Waals surface area contributed by atoms with E-state index in [9.17, 15) is 4.79 Å². The van der Waals surface area contributed by atoms with E-state index < -0.39 is 0 Å². The van der Waals surface area contributed by atoms with Gasteiger partial charge in [0.05, 0.1) is 12.1 Å². The zero-order valence-electron chi connectivity index (χ0n) is 12.1. The summed E-state index contributed by atoms with van der Waals surface area (Å²) in [5, 5.41) is 9.00. The van der Waals surface area contributed by atoms with Crippen LogP contribution in [0, 0.1) is 0 Å². The minimum absolute atomic E-state index is 0.147. The van der Waals surface area contributed by atoms with Gasteiger partial charge in [0.1, 0.15) is 0 Å². The van der Waals surface area contributed by atoms with Crippen LogP contribution in [0.1, 0.15) is 31.3 Å². The van der Waals surface area contributed by atoms with Crippen LogP contribution in [0.3, 0.4) is 0 Å². The van der Waals surface area contributed by atoms with Crippen molar-refractivity contribution in [3.8, 4) is 0 Å². The van der Waals surface area contributed by atoms with E-state index in [1.165, 1.54) is 0 Å². The molecule has 0 aromatic carbocycles. The Balaban J connectivity index is 1.70. The van der Waals surface area contributed by atoms with Crippen LogP contribution in [0.15, 0.2) is 17.8 Å². The first kappa shape index (κ1) is 13.7. The van der Waals surface area contributed by atoms with Gasteiger partial charge < -0.3 is 0 Å². The lowest BCUT2D eigenvalue weighted by Crippen LogP contribution is -2.17. The van der Waals surface area contributed by atoms with Crippen molar-refractivity contribution in [1.82, 2.24) is 24.1 Å². The number of nitrogens with one attached hydrogen (secondary N) is 1. The smallest absolute Gasteiger partial charge is 0.232 e. The van der Waals surface area contributed by atoms with E-state index in [0.29, 0.717) is 5.95 Å². The van der Waals surface area contributed by atoms with Crippen LogP contribution in [0.4, 0.5) is 5.95 Å². The van der Waals surface area contributed by atoms with Gasteiger partial charge in [-0.05, 0) is 0 Å². The van der Waals surface area contributed by atoms with Crippen molar-refractivity contribution >= 4 is 28.2 Å². The quantitative estimate of drug-likeness (QED) is 0.797. The summed E-state index contributed by atoms with van der Waals surface area (Å²) in [5.74, 6) is 1.26. The summed E-state index contributed by atoms with van der Waals surface area (Å²) in [6.07, 6.45) is 4.01. The fraction of sp³-hybridized carbons (Fsp3) is 0.385. The highest BCUT2D eigenvalue weighted by Gasteiger charge is 2.14. The van der Waals surface area contributed by atoms with Crippen molar-refractivity contribution in [2.24, 2.45) is 7.05 Å². The number of carbonyl (C=O) groups excluding carboxylic acids is 1. The second-order valence-electron chi connectivity index (χ2n) is 5.12. The molecule has 3 aromatic heterocycles. The Morgan fingerprint density at radius 3 is 2.90 bits per heavy atom. The average molecular weight is 304 g/mol. The zero-order chi connectivity index (χ0) is 15.0. The summed E-state index contributed by atoms with van der Waals surface area (Å²) in [4.78, 5) is 21.7. The maximum Gasteiger partial charge on any atom is 0.232 e. The van der Waals surface area contributed by atoms with Gasteiger partial charge in [0.2, 0.25) is 11.9 Å². The van der Waals surface area contributed by atoms with E-state index >= 15 is 0 Å². The van der Waals surface area contributed by atoms with Gasteiger partial charge in [-0.3, -0.25) is 14.5 Å². The maximum atomic E-state index is 12.1. The molecule has 21 heavy (non-hydrogen) atoms. The first-order valence-corrected chi connectivity index (χ1v) is 7.52. The third kappa shape index (κ3) is 2.80. The standard InChI is InChI=1S/C13H16N6OS/c1-8(2)11-16-12(18(3)17-11)15-10(20)6-9-7-19-4-5-21-13(19)14-9/h4-5,7-8H,6H2,1-3H3,(H,15,16,17,20). The molecule has 0 aliphatic rings. The molecule has 0 bridgehead atoms. The molecule has 0 radical (unpaired) electrons. The number of hydrogen-bond donors (Lipinski definition) is 1.